The van der Waals surface area contributed by atoms with Crippen molar-refractivity contribution in [1.82, 2.24) is 20.4 Å². The van der Waals surface area contributed by atoms with Gasteiger partial charge in [-0.2, -0.15) is 4.98 Å². The zero-order chi connectivity index (χ0) is 19.8. The first-order chi connectivity index (χ1) is 14.2. The van der Waals surface area contributed by atoms with Crippen LogP contribution in [0.15, 0.2) is 53.1 Å². The van der Waals surface area contributed by atoms with E-state index in [1.54, 1.807) is 23.1 Å². The number of piperazine rings is 1. The Labute approximate surface area is 179 Å². The molecular formula is C22H22ClFN4O2. The summed E-state index contributed by atoms with van der Waals surface area (Å²) in [6, 6.07) is 13.5. The summed E-state index contributed by atoms with van der Waals surface area (Å²) in [7, 11) is 0. The third-order valence-electron chi connectivity index (χ3n) is 5.50. The minimum atomic E-state index is -0.296. The highest BCUT2D eigenvalue weighted by atomic mass is 35.5. The second kappa shape index (κ2) is 8.53. The first-order valence-corrected chi connectivity index (χ1v) is 9.90. The van der Waals surface area contributed by atoms with Crippen molar-refractivity contribution in [2.45, 2.75) is 24.8 Å². The maximum absolute atomic E-state index is 13.7. The fourth-order valence-electron chi connectivity index (χ4n) is 3.74. The average Bonchev–Trinajstić information content (AvgIpc) is 3.50. The van der Waals surface area contributed by atoms with Crippen LogP contribution in [0.3, 0.4) is 0 Å². The van der Waals surface area contributed by atoms with Gasteiger partial charge >= 0.3 is 0 Å². The number of amides is 1. The zero-order valence-corrected chi connectivity index (χ0v) is 17.1. The molecular weight excluding hydrogens is 407 g/mol. The van der Waals surface area contributed by atoms with Crippen molar-refractivity contribution in [3.05, 3.63) is 71.3 Å². The fourth-order valence-corrected chi connectivity index (χ4v) is 3.74. The zero-order valence-electron chi connectivity index (χ0n) is 16.3. The van der Waals surface area contributed by atoms with Crippen molar-refractivity contribution < 1.29 is 13.7 Å². The van der Waals surface area contributed by atoms with Crippen LogP contribution >= 0.6 is 12.4 Å². The van der Waals surface area contributed by atoms with Crippen molar-refractivity contribution in [2.24, 2.45) is 0 Å². The van der Waals surface area contributed by atoms with E-state index in [0.29, 0.717) is 37.0 Å². The third kappa shape index (κ3) is 4.08. The van der Waals surface area contributed by atoms with Crippen molar-refractivity contribution in [3.8, 4) is 11.5 Å². The van der Waals surface area contributed by atoms with Crippen molar-refractivity contribution >= 4 is 18.3 Å². The Morgan fingerprint density at radius 1 is 1.17 bits per heavy atom. The second-order valence-electron chi connectivity index (χ2n) is 7.58. The molecule has 1 saturated carbocycles. The Kier molecular flexibility index (Phi) is 5.83. The van der Waals surface area contributed by atoms with Gasteiger partial charge in [-0.05, 0) is 54.8 Å². The van der Waals surface area contributed by atoms with E-state index in [-0.39, 0.29) is 30.2 Å². The standard InChI is InChI=1S/C22H21FN4O2.ClH/c23-18-3-1-2-17(12-18)19-13-24-10-11-27(19)22(28)16-8-6-15(7-9-16)21-25-20(26-29-21)14-4-5-14;/h1-3,6-9,12,14,19,24H,4-5,10-11,13H2;1H. The molecule has 0 radical (unpaired) electrons. The summed E-state index contributed by atoms with van der Waals surface area (Å²) in [4.78, 5) is 19.4. The largest absolute Gasteiger partial charge is 0.334 e. The Hall–Kier alpha value is -2.77. The van der Waals surface area contributed by atoms with E-state index in [2.05, 4.69) is 15.5 Å². The number of hydrogen-bond acceptors (Lipinski definition) is 5. The summed E-state index contributed by atoms with van der Waals surface area (Å²) in [6.07, 6.45) is 2.23. The van der Waals surface area contributed by atoms with E-state index in [1.807, 2.05) is 18.2 Å². The van der Waals surface area contributed by atoms with Gasteiger partial charge in [-0.15, -0.1) is 12.4 Å². The summed E-state index contributed by atoms with van der Waals surface area (Å²) in [5.41, 5.74) is 2.17. The number of halogens is 2. The summed E-state index contributed by atoms with van der Waals surface area (Å²) < 4.78 is 19.0. The molecule has 1 aliphatic carbocycles. The first kappa shape index (κ1) is 20.5. The molecule has 1 unspecified atom stereocenters. The molecule has 1 N–H and O–H groups in total. The molecule has 5 rings (SSSR count). The van der Waals surface area contributed by atoms with E-state index >= 15 is 0 Å². The normalized spacial score (nSPS) is 18.7. The van der Waals surface area contributed by atoms with Crippen LogP contribution in [0.1, 0.15) is 46.5 Å². The monoisotopic (exact) mass is 428 g/mol. The second-order valence-corrected chi connectivity index (χ2v) is 7.58. The van der Waals surface area contributed by atoms with Crippen LogP contribution in [0, 0.1) is 5.82 Å². The number of hydrogen-bond donors (Lipinski definition) is 1. The van der Waals surface area contributed by atoms with Gasteiger partial charge in [-0.3, -0.25) is 4.79 Å². The predicted molar refractivity (Wildman–Crippen MR) is 112 cm³/mol. The number of carbonyl (C=O) groups is 1. The molecule has 30 heavy (non-hydrogen) atoms. The van der Waals surface area contributed by atoms with Crippen LogP contribution in [0.4, 0.5) is 4.39 Å². The van der Waals surface area contributed by atoms with Gasteiger partial charge in [0.05, 0.1) is 6.04 Å². The number of aromatic nitrogens is 2. The Morgan fingerprint density at radius 2 is 1.97 bits per heavy atom. The lowest BCUT2D eigenvalue weighted by atomic mass is 10.0. The minimum Gasteiger partial charge on any atom is -0.334 e. The van der Waals surface area contributed by atoms with Gasteiger partial charge in [0, 0.05) is 36.7 Å². The van der Waals surface area contributed by atoms with Gasteiger partial charge in [-0.1, -0.05) is 17.3 Å². The SMILES string of the molecule is Cl.O=C(c1ccc(-c2nc(C3CC3)no2)cc1)N1CCNCC1c1cccc(F)c1. The van der Waals surface area contributed by atoms with Gasteiger partial charge in [0.2, 0.25) is 0 Å². The molecule has 0 bridgehead atoms. The van der Waals surface area contributed by atoms with Gasteiger partial charge < -0.3 is 14.7 Å². The van der Waals surface area contributed by atoms with Crippen LogP contribution in [-0.2, 0) is 0 Å². The number of nitrogens with one attached hydrogen (secondary N) is 1. The van der Waals surface area contributed by atoms with E-state index in [1.165, 1.54) is 12.1 Å². The molecule has 1 atom stereocenters. The van der Waals surface area contributed by atoms with Crippen molar-refractivity contribution in [2.75, 3.05) is 19.6 Å². The lowest BCUT2D eigenvalue weighted by Crippen LogP contribution is -2.48. The van der Waals surface area contributed by atoms with Gasteiger partial charge in [0.1, 0.15) is 5.82 Å². The molecule has 1 aromatic heterocycles. The van der Waals surface area contributed by atoms with E-state index in [0.717, 1.165) is 29.8 Å². The summed E-state index contributed by atoms with van der Waals surface area (Å²) in [5.74, 6) is 1.30. The molecule has 1 aliphatic heterocycles. The molecule has 1 saturated heterocycles. The number of benzene rings is 2. The molecule has 3 aromatic rings. The van der Waals surface area contributed by atoms with Crippen molar-refractivity contribution in [1.29, 1.82) is 0 Å². The number of nitrogens with zero attached hydrogens (tertiary/aromatic N) is 3. The molecule has 1 amide bonds. The third-order valence-corrected chi connectivity index (χ3v) is 5.50. The predicted octanol–water partition coefficient (Wildman–Crippen LogP) is 3.96. The minimum absolute atomic E-state index is 0. The summed E-state index contributed by atoms with van der Waals surface area (Å²) in [6.45, 7) is 1.87. The lowest BCUT2D eigenvalue weighted by Gasteiger charge is -2.36. The van der Waals surface area contributed by atoms with Crippen LogP contribution in [-0.4, -0.2) is 40.6 Å². The van der Waals surface area contributed by atoms with E-state index in [4.69, 9.17) is 4.52 Å². The molecule has 6 nitrogen and oxygen atoms in total. The average molecular weight is 429 g/mol. The van der Waals surface area contributed by atoms with Crippen LogP contribution in [0.5, 0.6) is 0 Å². The fraction of sp³-hybridized carbons (Fsp3) is 0.318. The highest BCUT2D eigenvalue weighted by Crippen LogP contribution is 2.38. The topological polar surface area (TPSA) is 71.3 Å². The highest BCUT2D eigenvalue weighted by molar-refractivity contribution is 5.95. The van der Waals surface area contributed by atoms with Gasteiger partial charge in [0.15, 0.2) is 5.82 Å². The number of rotatable bonds is 4. The van der Waals surface area contributed by atoms with Crippen molar-refractivity contribution in [3.63, 3.8) is 0 Å². The van der Waals surface area contributed by atoms with E-state index in [9.17, 15) is 9.18 Å². The summed E-state index contributed by atoms with van der Waals surface area (Å²) >= 11 is 0. The molecule has 2 fully saturated rings. The molecule has 2 heterocycles. The molecule has 8 heteroatoms. The Morgan fingerprint density at radius 3 is 2.70 bits per heavy atom. The molecule has 156 valence electrons. The van der Waals surface area contributed by atoms with Gasteiger partial charge in [-0.25, -0.2) is 4.39 Å². The maximum Gasteiger partial charge on any atom is 0.257 e. The van der Waals surface area contributed by atoms with E-state index < -0.39 is 0 Å². The summed E-state index contributed by atoms with van der Waals surface area (Å²) in [5, 5.41) is 7.33. The smallest absolute Gasteiger partial charge is 0.257 e. The van der Waals surface area contributed by atoms with Gasteiger partial charge in [0.25, 0.3) is 11.8 Å². The molecule has 2 aliphatic rings. The quantitative estimate of drug-likeness (QED) is 0.681. The molecule has 0 spiro atoms. The van der Waals surface area contributed by atoms with Crippen LogP contribution < -0.4 is 5.32 Å². The Balaban J connectivity index is 0.00000218. The Bertz CT molecular complexity index is 1040. The number of carbonyl (C=O) groups excluding carboxylic acids is 1. The highest BCUT2D eigenvalue weighted by Gasteiger charge is 2.30. The maximum atomic E-state index is 13.7. The van der Waals surface area contributed by atoms with Crippen LogP contribution in [0.25, 0.3) is 11.5 Å². The molecule has 2 aromatic carbocycles. The lowest BCUT2D eigenvalue weighted by molar-refractivity contribution is 0.0634. The first-order valence-electron chi connectivity index (χ1n) is 9.90. The van der Waals surface area contributed by atoms with Crippen LogP contribution in [0.2, 0.25) is 0 Å².